The first-order valence-corrected chi connectivity index (χ1v) is 14.4. The molecule has 0 unspecified atom stereocenters. The van der Waals surface area contributed by atoms with Crippen molar-refractivity contribution >= 4 is 33.2 Å². The number of nitrogens with one attached hydrogen (secondary N) is 1. The topological polar surface area (TPSA) is 69.7 Å². The normalized spacial score (nSPS) is 14.8. The Morgan fingerprint density at radius 3 is 1.97 bits per heavy atom. The Balaban J connectivity index is 1.29. The molecule has 4 aromatic rings. The Labute approximate surface area is 232 Å². The standard InChI is InChI=1S/C30H27ClFN3O3S/c31-25-13-7-12-24(20-25)30(36)33-28-15-14-26(21-27(28)32)39(37,38)35-18-16-34(17-19-35)29(22-8-3-1-4-9-22)23-10-5-2-6-11-23/h1-15,20-21,29H,16-19H2,(H,33,36). The van der Waals surface area contributed by atoms with Crippen LogP contribution in [0.25, 0.3) is 0 Å². The highest BCUT2D eigenvalue weighted by Crippen LogP contribution is 2.31. The molecule has 1 heterocycles. The third-order valence-corrected chi connectivity index (χ3v) is 8.91. The lowest BCUT2D eigenvalue weighted by molar-refractivity contribution is 0.102. The minimum atomic E-state index is -3.93. The van der Waals surface area contributed by atoms with Gasteiger partial charge in [-0.15, -0.1) is 0 Å². The lowest BCUT2D eigenvalue weighted by Crippen LogP contribution is -2.49. The summed E-state index contributed by atoms with van der Waals surface area (Å²) in [4.78, 5) is 14.6. The van der Waals surface area contributed by atoms with Gasteiger partial charge in [0.2, 0.25) is 10.0 Å². The maximum atomic E-state index is 14.9. The number of rotatable bonds is 7. The molecule has 9 heteroatoms. The minimum Gasteiger partial charge on any atom is -0.319 e. The van der Waals surface area contributed by atoms with Crippen LogP contribution in [0.15, 0.2) is 108 Å². The van der Waals surface area contributed by atoms with Crippen LogP contribution in [-0.2, 0) is 10.0 Å². The summed E-state index contributed by atoms with van der Waals surface area (Å²) < 4.78 is 43.1. The molecule has 1 aliphatic rings. The van der Waals surface area contributed by atoms with Crippen LogP contribution in [0.2, 0.25) is 5.02 Å². The quantitative estimate of drug-likeness (QED) is 0.307. The van der Waals surface area contributed by atoms with Gasteiger partial charge in [-0.25, -0.2) is 12.8 Å². The van der Waals surface area contributed by atoms with E-state index in [1.54, 1.807) is 18.2 Å². The van der Waals surface area contributed by atoms with Gasteiger partial charge in [0.15, 0.2) is 0 Å². The highest BCUT2D eigenvalue weighted by molar-refractivity contribution is 7.89. The van der Waals surface area contributed by atoms with Crippen LogP contribution >= 0.6 is 11.6 Å². The van der Waals surface area contributed by atoms with Crippen LogP contribution in [0, 0.1) is 5.82 Å². The van der Waals surface area contributed by atoms with Crippen molar-refractivity contribution in [2.24, 2.45) is 0 Å². The largest absolute Gasteiger partial charge is 0.319 e. The van der Waals surface area contributed by atoms with Crippen molar-refractivity contribution in [3.8, 4) is 0 Å². The SMILES string of the molecule is O=C(Nc1ccc(S(=O)(=O)N2CCN(C(c3ccccc3)c3ccccc3)CC2)cc1F)c1cccc(Cl)c1. The van der Waals surface area contributed by atoms with E-state index in [4.69, 9.17) is 11.6 Å². The van der Waals surface area contributed by atoms with Gasteiger partial charge in [-0.1, -0.05) is 78.3 Å². The third-order valence-electron chi connectivity index (χ3n) is 6.78. The Morgan fingerprint density at radius 1 is 0.795 bits per heavy atom. The van der Waals surface area contributed by atoms with E-state index in [2.05, 4.69) is 34.5 Å². The fourth-order valence-corrected chi connectivity index (χ4v) is 6.44. The molecule has 1 fully saturated rings. The highest BCUT2D eigenvalue weighted by Gasteiger charge is 2.32. The van der Waals surface area contributed by atoms with Crippen LogP contribution in [0.5, 0.6) is 0 Å². The number of halogens is 2. The molecule has 1 aliphatic heterocycles. The smallest absolute Gasteiger partial charge is 0.255 e. The number of carbonyl (C=O) groups is 1. The van der Waals surface area contributed by atoms with Gasteiger partial charge in [0.05, 0.1) is 16.6 Å². The first-order chi connectivity index (χ1) is 18.8. The van der Waals surface area contributed by atoms with Gasteiger partial charge in [-0.05, 0) is 47.5 Å². The molecule has 0 radical (unpaired) electrons. The lowest BCUT2D eigenvalue weighted by atomic mass is 9.96. The lowest BCUT2D eigenvalue weighted by Gasteiger charge is -2.39. The van der Waals surface area contributed by atoms with Gasteiger partial charge in [0.25, 0.3) is 5.91 Å². The number of anilines is 1. The molecule has 4 aromatic carbocycles. The molecule has 5 rings (SSSR count). The van der Waals surface area contributed by atoms with E-state index in [0.29, 0.717) is 18.1 Å². The van der Waals surface area contributed by atoms with Crippen molar-refractivity contribution in [3.63, 3.8) is 0 Å². The Hall–Kier alpha value is -3.56. The number of benzene rings is 4. The molecule has 6 nitrogen and oxygen atoms in total. The molecular weight excluding hydrogens is 537 g/mol. The zero-order valence-electron chi connectivity index (χ0n) is 21.0. The number of hydrogen-bond acceptors (Lipinski definition) is 4. The third kappa shape index (κ3) is 6.04. The summed E-state index contributed by atoms with van der Waals surface area (Å²) in [6, 6.07) is 30.1. The average molecular weight is 564 g/mol. The first-order valence-electron chi connectivity index (χ1n) is 12.5. The molecule has 1 amide bonds. The number of hydrogen-bond donors (Lipinski definition) is 1. The minimum absolute atomic E-state index is 0.00270. The second-order valence-corrected chi connectivity index (χ2v) is 11.6. The van der Waals surface area contributed by atoms with Crippen LogP contribution in [0.1, 0.15) is 27.5 Å². The van der Waals surface area contributed by atoms with Crippen LogP contribution < -0.4 is 5.32 Å². The molecule has 1 saturated heterocycles. The fourth-order valence-electron chi connectivity index (χ4n) is 4.82. The predicted molar refractivity (Wildman–Crippen MR) is 151 cm³/mol. The highest BCUT2D eigenvalue weighted by atomic mass is 35.5. The van der Waals surface area contributed by atoms with Crippen molar-refractivity contribution in [1.29, 1.82) is 0 Å². The van der Waals surface area contributed by atoms with Gasteiger partial charge in [-0.3, -0.25) is 9.69 Å². The summed E-state index contributed by atoms with van der Waals surface area (Å²) >= 11 is 5.93. The predicted octanol–water partition coefficient (Wildman–Crippen LogP) is 5.83. The number of sulfonamides is 1. The molecule has 200 valence electrons. The van der Waals surface area contributed by atoms with Crippen molar-refractivity contribution in [3.05, 3.63) is 131 Å². The zero-order valence-corrected chi connectivity index (χ0v) is 22.6. The summed E-state index contributed by atoms with van der Waals surface area (Å²) in [6.07, 6.45) is 0. The molecule has 0 spiro atoms. The van der Waals surface area contributed by atoms with Gasteiger partial charge >= 0.3 is 0 Å². The van der Waals surface area contributed by atoms with Crippen LogP contribution in [0.3, 0.4) is 0 Å². The monoisotopic (exact) mass is 563 g/mol. The average Bonchev–Trinajstić information content (AvgIpc) is 2.95. The summed E-state index contributed by atoms with van der Waals surface area (Å²) in [5, 5.41) is 2.85. The van der Waals surface area contributed by atoms with E-state index in [0.717, 1.165) is 17.2 Å². The maximum Gasteiger partial charge on any atom is 0.255 e. The Bertz CT molecular complexity index is 1520. The summed E-state index contributed by atoms with van der Waals surface area (Å²) in [7, 11) is -3.93. The van der Waals surface area contributed by atoms with Crippen molar-refractivity contribution < 1.29 is 17.6 Å². The molecule has 0 atom stereocenters. The molecule has 39 heavy (non-hydrogen) atoms. The molecule has 0 bridgehead atoms. The van der Waals surface area contributed by atoms with E-state index in [1.807, 2.05) is 36.4 Å². The molecular formula is C30H27ClFN3O3S. The summed E-state index contributed by atoms with van der Waals surface area (Å²) in [6.45, 7) is 1.58. The number of amides is 1. The van der Waals surface area contributed by atoms with Crippen LogP contribution in [0.4, 0.5) is 10.1 Å². The van der Waals surface area contributed by atoms with Crippen molar-refractivity contribution in [1.82, 2.24) is 9.21 Å². The van der Waals surface area contributed by atoms with E-state index >= 15 is 0 Å². The van der Waals surface area contributed by atoms with E-state index in [-0.39, 0.29) is 35.3 Å². The van der Waals surface area contributed by atoms with E-state index < -0.39 is 21.7 Å². The number of piperazine rings is 1. The molecule has 0 saturated carbocycles. The van der Waals surface area contributed by atoms with Gasteiger partial charge < -0.3 is 5.32 Å². The second kappa shape index (κ2) is 11.7. The molecule has 0 aliphatic carbocycles. The first kappa shape index (κ1) is 27.0. The summed E-state index contributed by atoms with van der Waals surface area (Å²) in [5.74, 6) is -1.38. The van der Waals surface area contributed by atoms with Gasteiger partial charge in [-0.2, -0.15) is 4.31 Å². The molecule has 0 aromatic heterocycles. The van der Waals surface area contributed by atoms with Gasteiger partial charge in [0, 0.05) is 36.8 Å². The van der Waals surface area contributed by atoms with Gasteiger partial charge in [0.1, 0.15) is 5.82 Å². The molecule has 1 N–H and O–H groups in total. The van der Waals surface area contributed by atoms with E-state index in [1.165, 1.54) is 22.5 Å². The number of carbonyl (C=O) groups excluding carboxylic acids is 1. The second-order valence-electron chi connectivity index (χ2n) is 9.27. The van der Waals surface area contributed by atoms with Crippen LogP contribution in [-0.4, -0.2) is 49.7 Å². The van der Waals surface area contributed by atoms with Crippen molar-refractivity contribution in [2.75, 3.05) is 31.5 Å². The zero-order chi connectivity index (χ0) is 27.4. The van der Waals surface area contributed by atoms with Crippen molar-refractivity contribution in [2.45, 2.75) is 10.9 Å². The Morgan fingerprint density at radius 2 is 1.41 bits per heavy atom. The Kier molecular flexibility index (Phi) is 8.09. The number of nitrogens with zero attached hydrogens (tertiary/aromatic N) is 2. The fraction of sp³-hybridized carbons (Fsp3) is 0.167. The summed E-state index contributed by atoms with van der Waals surface area (Å²) in [5.41, 5.74) is 2.42. The maximum absolute atomic E-state index is 14.9. The van der Waals surface area contributed by atoms with E-state index in [9.17, 15) is 17.6 Å².